The van der Waals surface area contributed by atoms with E-state index in [1.807, 2.05) is 25.1 Å². The van der Waals surface area contributed by atoms with Gasteiger partial charge in [0.05, 0.1) is 12.2 Å². The highest BCUT2D eigenvalue weighted by molar-refractivity contribution is 5.97. The minimum Gasteiger partial charge on any atom is -0.493 e. The van der Waals surface area contributed by atoms with Crippen molar-refractivity contribution in [2.45, 2.75) is 51.5 Å². The Hall–Kier alpha value is -1.59. The summed E-state index contributed by atoms with van der Waals surface area (Å²) in [7, 11) is 0. The zero-order valence-corrected chi connectivity index (χ0v) is 16.1. The van der Waals surface area contributed by atoms with Gasteiger partial charge >= 0.3 is 0 Å². The maximum Gasteiger partial charge on any atom is 0.257 e. The van der Waals surface area contributed by atoms with E-state index in [1.54, 1.807) is 0 Å². The molecule has 0 aromatic heterocycles. The van der Waals surface area contributed by atoms with Crippen LogP contribution in [0.5, 0.6) is 5.75 Å². The van der Waals surface area contributed by atoms with Crippen molar-refractivity contribution in [2.24, 2.45) is 5.73 Å². The molecule has 2 saturated heterocycles. The normalized spacial score (nSPS) is 21.2. The summed E-state index contributed by atoms with van der Waals surface area (Å²) >= 11 is 0. The van der Waals surface area contributed by atoms with Crippen molar-refractivity contribution in [3.63, 3.8) is 0 Å². The molecule has 2 fully saturated rings. The molecule has 3 rings (SSSR count). The first-order valence-corrected chi connectivity index (χ1v) is 10.2. The molecule has 2 N–H and O–H groups in total. The summed E-state index contributed by atoms with van der Waals surface area (Å²) in [5.74, 6) is 0.825. The number of ether oxygens (including phenoxy) is 1. The summed E-state index contributed by atoms with van der Waals surface area (Å²) in [5, 5.41) is 0. The molecule has 1 atom stereocenters. The number of hydrogen-bond donors (Lipinski definition) is 1. The molecule has 5 nitrogen and oxygen atoms in total. The van der Waals surface area contributed by atoms with Crippen LogP contribution in [0, 0.1) is 6.92 Å². The summed E-state index contributed by atoms with van der Waals surface area (Å²) in [4.78, 5) is 18.0. The lowest BCUT2D eigenvalue weighted by molar-refractivity contribution is 0.0556. The fourth-order valence-electron chi connectivity index (χ4n) is 4.07. The Bertz CT molecular complexity index is 599. The highest BCUT2D eigenvalue weighted by Gasteiger charge is 2.31. The molecule has 0 spiro atoms. The number of nitrogens with two attached hydrogens (primary N) is 1. The monoisotopic (exact) mass is 359 g/mol. The third kappa shape index (κ3) is 4.77. The van der Waals surface area contributed by atoms with Gasteiger partial charge < -0.3 is 20.3 Å². The molecular weight excluding hydrogens is 326 g/mol. The summed E-state index contributed by atoms with van der Waals surface area (Å²) in [6.45, 7) is 7.40. The highest BCUT2D eigenvalue weighted by Crippen LogP contribution is 2.27. The van der Waals surface area contributed by atoms with Crippen LogP contribution in [0.4, 0.5) is 0 Å². The highest BCUT2D eigenvalue weighted by atomic mass is 16.5. The first kappa shape index (κ1) is 19.2. The molecule has 0 bridgehead atoms. The van der Waals surface area contributed by atoms with Gasteiger partial charge in [-0.05, 0) is 82.8 Å². The zero-order valence-electron chi connectivity index (χ0n) is 16.1. The SMILES string of the molecule is Cc1ccc(C(=O)N2CCCC[C@H]2CN2CCCC2)c(OCCCN)c1. The van der Waals surface area contributed by atoms with Gasteiger partial charge in [-0.1, -0.05) is 6.07 Å². The fourth-order valence-corrected chi connectivity index (χ4v) is 4.07. The summed E-state index contributed by atoms with van der Waals surface area (Å²) < 4.78 is 5.90. The van der Waals surface area contributed by atoms with Gasteiger partial charge in [0.15, 0.2) is 0 Å². The predicted molar refractivity (Wildman–Crippen MR) is 105 cm³/mol. The van der Waals surface area contributed by atoms with Crippen LogP contribution >= 0.6 is 0 Å². The number of aryl methyl sites for hydroxylation is 1. The quantitative estimate of drug-likeness (QED) is 0.761. The summed E-state index contributed by atoms with van der Waals surface area (Å²) in [6.07, 6.45) is 6.80. The van der Waals surface area contributed by atoms with Gasteiger partial charge in [0.25, 0.3) is 5.91 Å². The maximum absolute atomic E-state index is 13.4. The van der Waals surface area contributed by atoms with Crippen molar-refractivity contribution in [3.8, 4) is 5.75 Å². The van der Waals surface area contributed by atoms with Crippen molar-refractivity contribution >= 4 is 5.91 Å². The van der Waals surface area contributed by atoms with E-state index in [-0.39, 0.29) is 5.91 Å². The average molecular weight is 360 g/mol. The molecule has 2 heterocycles. The topological polar surface area (TPSA) is 58.8 Å². The van der Waals surface area contributed by atoms with Crippen LogP contribution in [0.1, 0.15) is 54.4 Å². The van der Waals surface area contributed by atoms with Crippen LogP contribution in [0.2, 0.25) is 0 Å². The van der Waals surface area contributed by atoms with E-state index in [1.165, 1.54) is 32.4 Å². The molecule has 1 aromatic carbocycles. The van der Waals surface area contributed by atoms with E-state index in [0.717, 1.165) is 37.9 Å². The Morgan fingerprint density at radius 2 is 1.96 bits per heavy atom. The maximum atomic E-state index is 13.4. The van der Waals surface area contributed by atoms with E-state index in [9.17, 15) is 4.79 Å². The van der Waals surface area contributed by atoms with Crippen LogP contribution in [-0.4, -0.2) is 61.1 Å². The van der Waals surface area contributed by atoms with E-state index >= 15 is 0 Å². The van der Waals surface area contributed by atoms with Crippen molar-refractivity contribution in [1.82, 2.24) is 9.80 Å². The average Bonchev–Trinajstić information content (AvgIpc) is 3.15. The van der Waals surface area contributed by atoms with Gasteiger partial charge in [-0.3, -0.25) is 4.79 Å². The summed E-state index contributed by atoms with van der Waals surface area (Å²) in [6, 6.07) is 6.23. The van der Waals surface area contributed by atoms with Crippen LogP contribution in [0.15, 0.2) is 18.2 Å². The zero-order chi connectivity index (χ0) is 18.4. The number of likely N-dealkylation sites (tertiary alicyclic amines) is 2. The van der Waals surface area contributed by atoms with Crippen LogP contribution < -0.4 is 10.5 Å². The van der Waals surface area contributed by atoms with Gasteiger partial charge in [0, 0.05) is 19.1 Å². The van der Waals surface area contributed by atoms with Crippen LogP contribution in [-0.2, 0) is 0 Å². The standard InChI is InChI=1S/C21H33N3O2/c1-17-8-9-19(20(15-17)26-14-6-10-22)21(25)24-13-3-2-7-18(24)16-23-11-4-5-12-23/h8-9,15,18H,2-7,10-14,16,22H2,1H3/t18-/m0/s1. The molecule has 1 aromatic rings. The molecule has 0 unspecified atom stereocenters. The third-order valence-corrected chi connectivity index (χ3v) is 5.53. The lowest BCUT2D eigenvalue weighted by Crippen LogP contribution is -2.49. The van der Waals surface area contributed by atoms with E-state index in [0.29, 0.717) is 30.5 Å². The minimum absolute atomic E-state index is 0.122. The van der Waals surface area contributed by atoms with Crippen LogP contribution in [0.25, 0.3) is 0 Å². The Balaban J connectivity index is 1.75. The number of carbonyl (C=O) groups is 1. The molecule has 0 saturated carbocycles. The third-order valence-electron chi connectivity index (χ3n) is 5.53. The Labute approximate surface area is 157 Å². The number of carbonyl (C=O) groups excluding carboxylic acids is 1. The molecule has 1 amide bonds. The second-order valence-corrected chi connectivity index (χ2v) is 7.65. The van der Waals surface area contributed by atoms with Gasteiger partial charge in [0.1, 0.15) is 5.75 Å². The Morgan fingerprint density at radius 1 is 1.19 bits per heavy atom. The van der Waals surface area contributed by atoms with Crippen LogP contribution in [0.3, 0.4) is 0 Å². The molecule has 5 heteroatoms. The number of amides is 1. The molecule has 144 valence electrons. The summed E-state index contributed by atoms with van der Waals surface area (Å²) in [5.41, 5.74) is 7.38. The number of hydrogen-bond acceptors (Lipinski definition) is 4. The first-order valence-electron chi connectivity index (χ1n) is 10.2. The lowest BCUT2D eigenvalue weighted by Gasteiger charge is -2.38. The lowest BCUT2D eigenvalue weighted by atomic mass is 9.99. The Morgan fingerprint density at radius 3 is 2.73 bits per heavy atom. The number of piperidine rings is 1. The molecule has 2 aliphatic heterocycles. The molecule has 0 aliphatic carbocycles. The van der Waals surface area contributed by atoms with Gasteiger partial charge in [-0.2, -0.15) is 0 Å². The largest absolute Gasteiger partial charge is 0.493 e. The van der Waals surface area contributed by atoms with E-state index < -0.39 is 0 Å². The first-order chi connectivity index (χ1) is 12.7. The number of rotatable bonds is 7. The van der Waals surface area contributed by atoms with E-state index in [4.69, 9.17) is 10.5 Å². The van der Waals surface area contributed by atoms with Crippen molar-refractivity contribution in [3.05, 3.63) is 29.3 Å². The van der Waals surface area contributed by atoms with Gasteiger partial charge in [-0.15, -0.1) is 0 Å². The second-order valence-electron chi connectivity index (χ2n) is 7.65. The molecule has 0 radical (unpaired) electrons. The predicted octanol–water partition coefficient (Wildman–Crippen LogP) is 2.81. The van der Waals surface area contributed by atoms with Crippen molar-refractivity contribution in [1.29, 1.82) is 0 Å². The molecule has 2 aliphatic rings. The molecule has 26 heavy (non-hydrogen) atoms. The van der Waals surface area contributed by atoms with Crippen molar-refractivity contribution < 1.29 is 9.53 Å². The Kier molecular flexibility index (Phi) is 6.92. The fraction of sp³-hybridized carbons (Fsp3) is 0.667. The number of benzene rings is 1. The minimum atomic E-state index is 0.122. The van der Waals surface area contributed by atoms with E-state index in [2.05, 4.69) is 9.80 Å². The van der Waals surface area contributed by atoms with Gasteiger partial charge in [-0.25, -0.2) is 0 Å². The van der Waals surface area contributed by atoms with Crippen molar-refractivity contribution in [2.75, 3.05) is 39.3 Å². The second kappa shape index (κ2) is 9.38. The number of nitrogens with zero attached hydrogens (tertiary/aromatic N) is 2. The smallest absolute Gasteiger partial charge is 0.257 e. The van der Waals surface area contributed by atoms with Gasteiger partial charge in [0.2, 0.25) is 0 Å². The molecular formula is C21H33N3O2.